The first-order chi connectivity index (χ1) is 11.8. The molecule has 2 aromatic carbocycles. The summed E-state index contributed by atoms with van der Waals surface area (Å²) in [7, 11) is -3.62. The Morgan fingerprint density at radius 2 is 1.72 bits per heavy atom. The third-order valence-corrected chi connectivity index (χ3v) is 5.12. The molecule has 0 aromatic heterocycles. The Kier molecular flexibility index (Phi) is 5.91. The molecule has 2 rings (SSSR count). The van der Waals surface area contributed by atoms with E-state index in [1.807, 2.05) is 13.0 Å². The molecule has 0 bridgehead atoms. The average Bonchev–Trinajstić information content (AvgIpc) is 2.59. The van der Waals surface area contributed by atoms with Crippen LogP contribution in [0.5, 0.6) is 0 Å². The Bertz CT molecular complexity index is 883. The van der Waals surface area contributed by atoms with Crippen LogP contribution in [0.2, 0.25) is 0 Å². The van der Waals surface area contributed by atoms with Gasteiger partial charge in [-0.05, 0) is 43.3 Å². The standard InChI is InChI=1S/C18H19N3O3S/c1-14-3-9-18(10-4-14)25(23,24)20-11-12-21(15(2)22)17-7-5-16(13-19)6-8-17/h3-10,20H,11-12H2,1-2H3. The van der Waals surface area contributed by atoms with Crippen molar-refractivity contribution < 1.29 is 13.2 Å². The number of carbonyl (C=O) groups excluding carboxylic acids is 1. The summed E-state index contributed by atoms with van der Waals surface area (Å²) in [4.78, 5) is 13.5. The second-order valence-corrected chi connectivity index (χ2v) is 7.31. The van der Waals surface area contributed by atoms with Gasteiger partial charge in [-0.3, -0.25) is 4.79 Å². The number of hydrogen-bond acceptors (Lipinski definition) is 4. The summed E-state index contributed by atoms with van der Waals surface area (Å²) < 4.78 is 27.0. The van der Waals surface area contributed by atoms with E-state index in [2.05, 4.69) is 4.72 Å². The Morgan fingerprint density at radius 3 is 2.24 bits per heavy atom. The predicted octanol–water partition coefficient (Wildman–Crippen LogP) is 2.20. The summed E-state index contributed by atoms with van der Waals surface area (Å²) in [6.07, 6.45) is 0. The second-order valence-electron chi connectivity index (χ2n) is 5.54. The second kappa shape index (κ2) is 7.92. The summed E-state index contributed by atoms with van der Waals surface area (Å²) in [5.41, 5.74) is 2.08. The molecule has 0 aliphatic rings. The molecule has 25 heavy (non-hydrogen) atoms. The van der Waals surface area contributed by atoms with Crippen LogP contribution in [0.4, 0.5) is 5.69 Å². The molecule has 7 heteroatoms. The topological polar surface area (TPSA) is 90.3 Å². The first-order valence-corrected chi connectivity index (χ1v) is 9.16. The number of aryl methyl sites for hydroxylation is 1. The zero-order valence-corrected chi connectivity index (χ0v) is 14.9. The molecule has 0 spiro atoms. The predicted molar refractivity (Wildman–Crippen MR) is 95.6 cm³/mol. The molecule has 0 heterocycles. The molecule has 0 radical (unpaired) electrons. The van der Waals surface area contributed by atoms with Crippen molar-refractivity contribution in [3.63, 3.8) is 0 Å². The lowest BCUT2D eigenvalue weighted by atomic mass is 10.2. The Hall–Kier alpha value is -2.69. The van der Waals surface area contributed by atoms with Gasteiger partial charge >= 0.3 is 0 Å². The molecule has 0 saturated heterocycles. The van der Waals surface area contributed by atoms with E-state index in [0.717, 1.165) is 5.56 Å². The van der Waals surface area contributed by atoms with Crippen molar-refractivity contribution in [2.45, 2.75) is 18.7 Å². The molecule has 0 fully saturated rings. The number of nitriles is 1. The minimum atomic E-state index is -3.62. The Balaban J connectivity index is 2.05. The normalized spacial score (nSPS) is 10.9. The number of carbonyl (C=O) groups is 1. The van der Waals surface area contributed by atoms with E-state index in [-0.39, 0.29) is 23.9 Å². The van der Waals surface area contributed by atoms with E-state index in [4.69, 9.17) is 5.26 Å². The van der Waals surface area contributed by atoms with E-state index in [1.54, 1.807) is 48.5 Å². The van der Waals surface area contributed by atoms with Gasteiger partial charge in [-0.15, -0.1) is 0 Å². The zero-order chi connectivity index (χ0) is 18.4. The van der Waals surface area contributed by atoms with Crippen molar-refractivity contribution in [2.24, 2.45) is 0 Å². The molecule has 1 amide bonds. The lowest BCUT2D eigenvalue weighted by Gasteiger charge is -2.21. The first kappa shape index (κ1) is 18.6. The average molecular weight is 357 g/mol. The van der Waals surface area contributed by atoms with Crippen molar-refractivity contribution in [1.82, 2.24) is 4.72 Å². The number of amides is 1. The zero-order valence-electron chi connectivity index (χ0n) is 14.1. The SMILES string of the molecule is CC(=O)N(CCNS(=O)(=O)c1ccc(C)cc1)c1ccc(C#N)cc1. The van der Waals surface area contributed by atoms with Gasteiger partial charge in [0, 0.05) is 25.7 Å². The Labute approximate surface area is 147 Å². The monoisotopic (exact) mass is 357 g/mol. The number of nitrogens with zero attached hydrogens (tertiary/aromatic N) is 2. The lowest BCUT2D eigenvalue weighted by Crippen LogP contribution is -2.37. The molecule has 2 aromatic rings. The molecular formula is C18H19N3O3S. The van der Waals surface area contributed by atoms with Crippen molar-refractivity contribution >= 4 is 21.6 Å². The third kappa shape index (κ3) is 4.89. The molecule has 0 unspecified atom stereocenters. The van der Waals surface area contributed by atoms with Gasteiger partial charge in [0.25, 0.3) is 0 Å². The van der Waals surface area contributed by atoms with Gasteiger partial charge in [-0.1, -0.05) is 17.7 Å². The number of nitrogens with one attached hydrogen (secondary N) is 1. The van der Waals surface area contributed by atoms with Crippen LogP contribution in [0.3, 0.4) is 0 Å². The van der Waals surface area contributed by atoms with Gasteiger partial charge in [0.2, 0.25) is 15.9 Å². The third-order valence-electron chi connectivity index (χ3n) is 3.65. The molecule has 6 nitrogen and oxygen atoms in total. The van der Waals surface area contributed by atoms with E-state index in [9.17, 15) is 13.2 Å². The first-order valence-electron chi connectivity index (χ1n) is 7.68. The van der Waals surface area contributed by atoms with Crippen LogP contribution < -0.4 is 9.62 Å². The summed E-state index contributed by atoms with van der Waals surface area (Å²) >= 11 is 0. The van der Waals surface area contributed by atoms with Crippen molar-refractivity contribution in [3.8, 4) is 6.07 Å². The van der Waals surface area contributed by atoms with Gasteiger partial charge in [-0.25, -0.2) is 13.1 Å². The molecule has 0 atom stereocenters. The van der Waals surface area contributed by atoms with Crippen LogP contribution in [0.1, 0.15) is 18.1 Å². The highest BCUT2D eigenvalue weighted by molar-refractivity contribution is 7.89. The minimum absolute atomic E-state index is 0.0792. The van der Waals surface area contributed by atoms with Gasteiger partial charge in [0.1, 0.15) is 0 Å². The quantitative estimate of drug-likeness (QED) is 0.858. The number of sulfonamides is 1. The summed E-state index contributed by atoms with van der Waals surface area (Å²) in [5, 5.41) is 8.83. The maximum atomic E-state index is 12.3. The van der Waals surface area contributed by atoms with Crippen molar-refractivity contribution in [1.29, 1.82) is 5.26 Å². The number of hydrogen-bond donors (Lipinski definition) is 1. The van der Waals surface area contributed by atoms with Gasteiger partial charge in [0.05, 0.1) is 16.5 Å². The van der Waals surface area contributed by atoms with Crippen LogP contribution in [-0.4, -0.2) is 27.4 Å². The van der Waals surface area contributed by atoms with E-state index in [0.29, 0.717) is 11.3 Å². The summed E-state index contributed by atoms with van der Waals surface area (Å²) in [5.74, 6) is -0.209. The highest BCUT2D eigenvalue weighted by Gasteiger charge is 2.16. The highest BCUT2D eigenvalue weighted by atomic mass is 32.2. The maximum Gasteiger partial charge on any atom is 0.240 e. The number of benzene rings is 2. The number of rotatable bonds is 6. The fourth-order valence-electron chi connectivity index (χ4n) is 2.28. The lowest BCUT2D eigenvalue weighted by molar-refractivity contribution is -0.116. The fourth-order valence-corrected chi connectivity index (χ4v) is 3.30. The van der Waals surface area contributed by atoms with E-state index < -0.39 is 10.0 Å². The van der Waals surface area contributed by atoms with E-state index >= 15 is 0 Å². The van der Waals surface area contributed by atoms with Gasteiger partial charge < -0.3 is 4.90 Å². The molecule has 130 valence electrons. The van der Waals surface area contributed by atoms with Gasteiger partial charge in [0.15, 0.2) is 0 Å². The molecule has 0 aliphatic heterocycles. The van der Waals surface area contributed by atoms with Crippen molar-refractivity contribution in [3.05, 3.63) is 59.7 Å². The van der Waals surface area contributed by atoms with Gasteiger partial charge in [-0.2, -0.15) is 5.26 Å². The smallest absolute Gasteiger partial charge is 0.240 e. The molecule has 0 aliphatic carbocycles. The fraction of sp³-hybridized carbons (Fsp3) is 0.222. The summed E-state index contributed by atoms with van der Waals surface area (Å²) in [6.45, 7) is 3.56. The van der Waals surface area contributed by atoms with Crippen molar-refractivity contribution in [2.75, 3.05) is 18.0 Å². The Morgan fingerprint density at radius 1 is 1.12 bits per heavy atom. The van der Waals surface area contributed by atoms with Crippen LogP contribution in [0.15, 0.2) is 53.4 Å². The number of anilines is 1. The molecular weight excluding hydrogens is 338 g/mol. The minimum Gasteiger partial charge on any atom is -0.311 e. The van der Waals surface area contributed by atoms with Crippen LogP contribution in [0, 0.1) is 18.3 Å². The summed E-state index contributed by atoms with van der Waals surface area (Å²) in [6, 6.07) is 15.1. The molecule has 1 N–H and O–H groups in total. The largest absolute Gasteiger partial charge is 0.311 e. The highest BCUT2D eigenvalue weighted by Crippen LogP contribution is 2.15. The van der Waals surface area contributed by atoms with E-state index in [1.165, 1.54) is 11.8 Å². The van der Waals surface area contributed by atoms with Crippen LogP contribution >= 0.6 is 0 Å². The van der Waals surface area contributed by atoms with Crippen LogP contribution in [-0.2, 0) is 14.8 Å². The molecule has 0 saturated carbocycles. The van der Waals surface area contributed by atoms with Crippen LogP contribution in [0.25, 0.3) is 0 Å². The maximum absolute atomic E-state index is 12.3.